The number of halogens is 2. The van der Waals surface area contributed by atoms with Gasteiger partial charge in [-0.1, -0.05) is 0 Å². The second-order valence-electron chi connectivity index (χ2n) is 3.44. The maximum Gasteiger partial charge on any atom is 0.167 e. The molecule has 3 N–H and O–H groups in total. The van der Waals surface area contributed by atoms with Gasteiger partial charge in [-0.05, 0) is 19.3 Å². The maximum atomic E-state index is 13.2. The molecular weight excluding hydrogens is 216 g/mol. The molecule has 0 amide bonds. The third-order valence-electron chi connectivity index (χ3n) is 2.11. The molecule has 0 saturated carbocycles. The number of aliphatic hydroxyl groups is 1. The lowest BCUT2D eigenvalue weighted by Gasteiger charge is -2.08. The Kier molecular flexibility index (Phi) is 4.98. The summed E-state index contributed by atoms with van der Waals surface area (Å²) >= 11 is 0. The number of aliphatic hydroxyl groups excluding tert-OH is 1. The minimum atomic E-state index is -0.688. The molecule has 0 saturated heterocycles. The first-order valence-electron chi connectivity index (χ1n) is 5.13. The Hall–Kier alpha value is -1.36. The van der Waals surface area contributed by atoms with Crippen molar-refractivity contribution in [1.82, 2.24) is 0 Å². The van der Waals surface area contributed by atoms with Crippen LogP contribution in [0.15, 0.2) is 12.1 Å². The molecule has 0 aliphatic heterocycles. The lowest BCUT2D eigenvalue weighted by atomic mass is 10.2. The van der Waals surface area contributed by atoms with Gasteiger partial charge < -0.3 is 15.6 Å². The summed E-state index contributed by atoms with van der Waals surface area (Å²) in [5.74, 6) is -1.48. The molecule has 0 aliphatic rings. The fraction of sp³-hybridized carbons (Fsp3) is 0.455. The molecule has 0 radical (unpaired) electrons. The van der Waals surface area contributed by atoms with Crippen LogP contribution in [-0.2, 0) is 0 Å². The standard InChI is InChI=1S/C11H15F2NO2/c12-8-7-11(9(13)6-10(8)14)16-5-3-1-2-4-15/h6-7,15H,1-5,14H2. The van der Waals surface area contributed by atoms with Gasteiger partial charge in [0.05, 0.1) is 12.3 Å². The zero-order valence-corrected chi connectivity index (χ0v) is 8.88. The third kappa shape index (κ3) is 3.66. The van der Waals surface area contributed by atoms with Crippen LogP contribution in [0.4, 0.5) is 14.5 Å². The highest BCUT2D eigenvalue weighted by atomic mass is 19.1. The predicted molar refractivity (Wildman–Crippen MR) is 57.2 cm³/mol. The number of unbranched alkanes of at least 4 members (excludes halogenated alkanes) is 2. The van der Waals surface area contributed by atoms with Crippen LogP contribution >= 0.6 is 0 Å². The van der Waals surface area contributed by atoms with E-state index in [0.29, 0.717) is 19.4 Å². The third-order valence-corrected chi connectivity index (χ3v) is 2.11. The fourth-order valence-electron chi connectivity index (χ4n) is 1.23. The second kappa shape index (κ2) is 6.27. The Labute approximate surface area is 92.8 Å². The Morgan fingerprint density at radius 3 is 2.56 bits per heavy atom. The van der Waals surface area contributed by atoms with Crippen LogP contribution in [0, 0.1) is 11.6 Å². The van der Waals surface area contributed by atoms with Crippen molar-refractivity contribution in [3.05, 3.63) is 23.8 Å². The Balaban J connectivity index is 2.45. The molecule has 0 aromatic heterocycles. The minimum absolute atomic E-state index is 0.129. The molecule has 0 heterocycles. The number of hydrogen-bond acceptors (Lipinski definition) is 3. The quantitative estimate of drug-likeness (QED) is 0.582. The SMILES string of the molecule is Nc1cc(F)c(OCCCCCO)cc1F. The first-order valence-corrected chi connectivity index (χ1v) is 5.13. The van der Waals surface area contributed by atoms with Crippen molar-refractivity contribution < 1.29 is 18.6 Å². The molecule has 1 rings (SSSR count). The summed E-state index contributed by atoms with van der Waals surface area (Å²) in [4.78, 5) is 0. The monoisotopic (exact) mass is 231 g/mol. The van der Waals surface area contributed by atoms with Crippen molar-refractivity contribution in [2.75, 3.05) is 18.9 Å². The van der Waals surface area contributed by atoms with Gasteiger partial charge in [0.15, 0.2) is 11.6 Å². The minimum Gasteiger partial charge on any atom is -0.490 e. The Morgan fingerprint density at radius 1 is 1.12 bits per heavy atom. The van der Waals surface area contributed by atoms with E-state index in [1.54, 1.807) is 0 Å². The zero-order valence-electron chi connectivity index (χ0n) is 8.88. The number of nitrogen functional groups attached to an aromatic ring is 1. The number of rotatable bonds is 6. The molecule has 0 fully saturated rings. The van der Waals surface area contributed by atoms with Gasteiger partial charge in [0.25, 0.3) is 0 Å². The van der Waals surface area contributed by atoms with Crippen molar-refractivity contribution in [3.8, 4) is 5.75 Å². The van der Waals surface area contributed by atoms with Gasteiger partial charge in [0.1, 0.15) is 5.82 Å². The topological polar surface area (TPSA) is 55.5 Å². The molecule has 0 bridgehead atoms. The average Bonchev–Trinajstić information content (AvgIpc) is 2.25. The zero-order chi connectivity index (χ0) is 12.0. The molecule has 0 atom stereocenters. The molecule has 0 spiro atoms. The van der Waals surface area contributed by atoms with E-state index in [4.69, 9.17) is 15.6 Å². The van der Waals surface area contributed by atoms with E-state index in [9.17, 15) is 8.78 Å². The molecule has 5 heteroatoms. The summed E-state index contributed by atoms with van der Waals surface area (Å²) in [6.07, 6.45) is 2.16. The molecule has 1 aromatic rings. The van der Waals surface area contributed by atoms with Gasteiger partial charge in [0, 0.05) is 18.7 Å². The van der Waals surface area contributed by atoms with Crippen LogP contribution in [0.1, 0.15) is 19.3 Å². The summed E-state index contributed by atoms with van der Waals surface area (Å²) in [6, 6.07) is 1.84. The summed E-state index contributed by atoms with van der Waals surface area (Å²) in [5.41, 5.74) is 4.95. The summed E-state index contributed by atoms with van der Waals surface area (Å²) in [5, 5.41) is 8.53. The van der Waals surface area contributed by atoms with E-state index < -0.39 is 11.6 Å². The number of anilines is 1. The van der Waals surface area contributed by atoms with Crippen LogP contribution in [0.3, 0.4) is 0 Å². The molecule has 16 heavy (non-hydrogen) atoms. The lowest BCUT2D eigenvalue weighted by Crippen LogP contribution is -2.02. The number of nitrogens with two attached hydrogens (primary N) is 1. The van der Waals surface area contributed by atoms with Crippen molar-refractivity contribution >= 4 is 5.69 Å². The summed E-state index contributed by atoms with van der Waals surface area (Å²) in [6.45, 7) is 0.422. The van der Waals surface area contributed by atoms with E-state index in [-0.39, 0.29) is 18.0 Å². The predicted octanol–water partition coefficient (Wildman–Crippen LogP) is 2.09. The van der Waals surface area contributed by atoms with Crippen LogP contribution in [-0.4, -0.2) is 18.3 Å². The number of hydrogen-bond donors (Lipinski definition) is 2. The molecule has 1 aromatic carbocycles. The van der Waals surface area contributed by atoms with Gasteiger partial charge in [-0.3, -0.25) is 0 Å². The van der Waals surface area contributed by atoms with Crippen LogP contribution in [0.25, 0.3) is 0 Å². The van der Waals surface area contributed by atoms with Gasteiger partial charge in [0.2, 0.25) is 0 Å². The average molecular weight is 231 g/mol. The van der Waals surface area contributed by atoms with Crippen LogP contribution < -0.4 is 10.5 Å². The maximum absolute atomic E-state index is 13.2. The van der Waals surface area contributed by atoms with Crippen LogP contribution in [0.5, 0.6) is 5.75 Å². The highest BCUT2D eigenvalue weighted by Crippen LogP contribution is 2.23. The summed E-state index contributed by atoms with van der Waals surface area (Å²) < 4.78 is 31.2. The number of benzene rings is 1. The largest absolute Gasteiger partial charge is 0.490 e. The van der Waals surface area contributed by atoms with Crippen molar-refractivity contribution in [2.24, 2.45) is 0 Å². The highest BCUT2D eigenvalue weighted by Gasteiger charge is 2.08. The van der Waals surface area contributed by atoms with Gasteiger partial charge in [-0.2, -0.15) is 0 Å². The first-order chi connectivity index (χ1) is 7.65. The molecule has 0 unspecified atom stereocenters. The molecular formula is C11H15F2NO2. The molecule has 0 aliphatic carbocycles. The first kappa shape index (κ1) is 12.7. The molecule has 90 valence electrons. The summed E-state index contributed by atoms with van der Waals surface area (Å²) in [7, 11) is 0. The Bertz CT molecular complexity index is 345. The normalized spacial score (nSPS) is 10.4. The Morgan fingerprint density at radius 2 is 1.88 bits per heavy atom. The lowest BCUT2D eigenvalue weighted by molar-refractivity contribution is 0.261. The van der Waals surface area contributed by atoms with Gasteiger partial charge in [-0.25, -0.2) is 8.78 Å². The smallest absolute Gasteiger partial charge is 0.167 e. The van der Waals surface area contributed by atoms with Crippen molar-refractivity contribution in [2.45, 2.75) is 19.3 Å². The number of ether oxygens (including phenoxy) is 1. The van der Waals surface area contributed by atoms with Crippen molar-refractivity contribution in [3.63, 3.8) is 0 Å². The van der Waals surface area contributed by atoms with E-state index >= 15 is 0 Å². The fourth-order valence-corrected chi connectivity index (χ4v) is 1.23. The van der Waals surface area contributed by atoms with E-state index in [2.05, 4.69) is 0 Å². The molecule has 3 nitrogen and oxygen atoms in total. The highest BCUT2D eigenvalue weighted by molar-refractivity contribution is 5.44. The van der Waals surface area contributed by atoms with E-state index in [0.717, 1.165) is 18.6 Å². The van der Waals surface area contributed by atoms with Crippen LogP contribution in [0.2, 0.25) is 0 Å². The van der Waals surface area contributed by atoms with Crippen molar-refractivity contribution in [1.29, 1.82) is 0 Å². The van der Waals surface area contributed by atoms with Gasteiger partial charge in [-0.15, -0.1) is 0 Å². The van der Waals surface area contributed by atoms with E-state index in [1.807, 2.05) is 0 Å². The second-order valence-corrected chi connectivity index (χ2v) is 3.44. The van der Waals surface area contributed by atoms with Gasteiger partial charge >= 0.3 is 0 Å². The van der Waals surface area contributed by atoms with E-state index in [1.165, 1.54) is 0 Å².